The zero-order chi connectivity index (χ0) is 9.42. The summed E-state index contributed by atoms with van der Waals surface area (Å²) in [5, 5.41) is 4.30. The number of rotatable bonds is 0. The van der Waals surface area contributed by atoms with Crippen molar-refractivity contribution in [3.63, 3.8) is 0 Å². The lowest BCUT2D eigenvalue weighted by Crippen LogP contribution is -2.21. The Kier molecular flexibility index (Phi) is 2.20. The monoisotopic (exact) mass is 195 g/mol. The summed E-state index contributed by atoms with van der Waals surface area (Å²) in [6.45, 7) is 5.44. The van der Waals surface area contributed by atoms with E-state index in [9.17, 15) is 0 Å². The van der Waals surface area contributed by atoms with Crippen molar-refractivity contribution in [2.75, 3.05) is 11.9 Å². The van der Waals surface area contributed by atoms with E-state index in [1.165, 1.54) is 16.8 Å². The standard InChI is InChI=1S/C11H14ClN/c1-7-3-9-5-10(12)4-8(2)11(9)13-6-7/h4-5,7,13H,3,6H2,1-2H3. The molecule has 1 N–H and O–H groups in total. The van der Waals surface area contributed by atoms with Crippen LogP contribution >= 0.6 is 11.6 Å². The van der Waals surface area contributed by atoms with Crippen molar-refractivity contribution < 1.29 is 0 Å². The van der Waals surface area contributed by atoms with Gasteiger partial charge in [-0.25, -0.2) is 0 Å². The molecule has 1 heterocycles. The molecule has 0 fully saturated rings. The number of aryl methyl sites for hydroxylation is 1. The molecule has 13 heavy (non-hydrogen) atoms. The van der Waals surface area contributed by atoms with Crippen molar-refractivity contribution in [1.29, 1.82) is 0 Å². The fraction of sp³-hybridized carbons (Fsp3) is 0.455. The predicted molar refractivity (Wildman–Crippen MR) is 57.5 cm³/mol. The highest BCUT2D eigenvalue weighted by Crippen LogP contribution is 2.30. The Morgan fingerprint density at radius 2 is 2.23 bits per heavy atom. The van der Waals surface area contributed by atoms with Crippen molar-refractivity contribution >= 4 is 17.3 Å². The molecule has 2 rings (SSSR count). The molecule has 2 heteroatoms. The van der Waals surface area contributed by atoms with Crippen molar-refractivity contribution in [2.45, 2.75) is 20.3 Å². The second-order valence-electron chi connectivity index (χ2n) is 3.95. The van der Waals surface area contributed by atoms with Gasteiger partial charge in [-0.05, 0) is 42.5 Å². The van der Waals surface area contributed by atoms with Crippen LogP contribution in [0.3, 0.4) is 0 Å². The van der Waals surface area contributed by atoms with Crippen LogP contribution in [0.4, 0.5) is 5.69 Å². The molecule has 0 radical (unpaired) electrons. The summed E-state index contributed by atoms with van der Waals surface area (Å²) in [7, 11) is 0. The molecule has 1 aliphatic rings. The second kappa shape index (κ2) is 3.22. The van der Waals surface area contributed by atoms with E-state index in [2.05, 4.69) is 25.2 Å². The SMILES string of the molecule is Cc1cc(Cl)cc2c1NCC(C)C2. The van der Waals surface area contributed by atoms with Gasteiger partial charge in [-0.3, -0.25) is 0 Å². The third-order valence-corrected chi connectivity index (χ3v) is 2.80. The van der Waals surface area contributed by atoms with E-state index in [4.69, 9.17) is 11.6 Å². The smallest absolute Gasteiger partial charge is 0.0412 e. The predicted octanol–water partition coefficient (Wildman–Crippen LogP) is 3.25. The number of fused-ring (bicyclic) bond motifs is 1. The molecule has 0 saturated carbocycles. The highest BCUT2D eigenvalue weighted by atomic mass is 35.5. The third kappa shape index (κ3) is 1.66. The molecule has 0 spiro atoms. The Morgan fingerprint density at radius 1 is 1.46 bits per heavy atom. The summed E-state index contributed by atoms with van der Waals surface area (Å²) >= 11 is 6.00. The van der Waals surface area contributed by atoms with Crippen LogP contribution in [0.25, 0.3) is 0 Å². The third-order valence-electron chi connectivity index (χ3n) is 2.58. The number of benzene rings is 1. The maximum atomic E-state index is 6.00. The van der Waals surface area contributed by atoms with Crippen LogP contribution in [0, 0.1) is 12.8 Å². The molecular formula is C11H14ClN. The average molecular weight is 196 g/mol. The topological polar surface area (TPSA) is 12.0 Å². The van der Waals surface area contributed by atoms with Gasteiger partial charge in [0.05, 0.1) is 0 Å². The number of hydrogen-bond acceptors (Lipinski definition) is 1. The fourth-order valence-corrected chi connectivity index (χ4v) is 2.25. The van der Waals surface area contributed by atoms with Gasteiger partial charge in [0.2, 0.25) is 0 Å². The Morgan fingerprint density at radius 3 is 3.00 bits per heavy atom. The minimum atomic E-state index is 0.713. The van der Waals surface area contributed by atoms with Crippen LogP contribution < -0.4 is 5.32 Å². The Balaban J connectivity index is 2.47. The quantitative estimate of drug-likeness (QED) is 0.670. The van der Waals surface area contributed by atoms with Gasteiger partial charge in [0, 0.05) is 17.3 Å². The van der Waals surface area contributed by atoms with Gasteiger partial charge in [0.1, 0.15) is 0 Å². The average Bonchev–Trinajstić information content (AvgIpc) is 2.02. The van der Waals surface area contributed by atoms with Crippen LogP contribution in [0.1, 0.15) is 18.1 Å². The lowest BCUT2D eigenvalue weighted by Gasteiger charge is -2.25. The van der Waals surface area contributed by atoms with Gasteiger partial charge in [-0.15, -0.1) is 0 Å². The van der Waals surface area contributed by atoms with Gasteiger partial charge in [-0.1, -0.05) is 18.5 Å². The summed E-state index contributed by atoms with van der Waals surface area (Å²) in [6.07, 6.45) is 1.14. The molecule has 1 aromatic rings. The summed E-state index contributed by atoms with van der Waals surface area (Å²) in [5.41, 5.74) is 3.92. The number of nitrogens with one attached hydrogen (secondary N) is 1. The van der Waals surface area contributed by atoms with Crippen LogP contribution in [-0.4, -0.2) is 6.54 Å². The van der Waals surface area contributed by atoms with E-state index in [0.717, 1.165) is 18.0 Å². The molecule has 70 valence electrons. The van der Waals surface area contributed by atoms with E-state index in [0.29, 0.717) is 5.92 Å². The molecule has 0 amide bonds. The zero-order valence-corrected chi connectivity index (χ0v) is 8.78. The van der Waals surface area contributed by atoms with Gasteiger partial charge in [-0.2, -0.15) is 0 Å². The number of hydrogen-bond donors (Lipinski definition) is 1. The maximum Gasteiger partial charge on any atom is 0.0412 e. The van der Waals surface area contributed by atoms with Gasteiger partial charge < -0.3 is 5.32 Å². The fourth-order valence-electron chi connectivity index (χ4n) is 1.95. The van der Waals surface area contributed by atoms with Gasteiger partial charge in [0.25, 0.3) is 0 Å². The van der Waals surface area contributed by atoms with Crippen LogP contribution in [0.15, 0.2) is 12.1 Å². The second-order valence-corrected chi connectivity index (χ2v) is 4.38. The molecule has 0 aromatic heterocycles. The van der Waals surface area contributed by atoms with E-state index >= 15 is 0 Å². The number of halogens is 1. The first-order valence-corrected chi connectivity index (χ1v) is 5.07. The van der Waals surface area contributed by atoms with Crippen molar-refractivity contribution in [3.8, 4) is 0 Å². The van der Waals surface area contributed by atoms with E-state index in [1.54, 1.807) is 0 Å². The molecule has 0 aliphatic carbocycles. The summed E-state index contributed by atoms with van der Waals surface area (Å²) < 4.78 is 0. The van der Waals surface area contributed by atoms with E-state index in [-0.39, 0.29) is 0 Å². The molecule has 0 bridgehead atoms. The Hall–Kier alpha value is -0.690. The highest BCUT2D eigenvalue weighted by Gasteiger charge is 2.16. The summed E-state index contributed by atoms with van der Waals surface area (Å²) in [4.78, 5) is 0. The van der Waals surface area contributed by atoms with Gasteiger partial charge >= 0.3 is 0 Å². The molecule has 1 unspecified atom stereocenters. The lowest BCUT2D eigenvalue weighted by atomic mass is 9.93. The minimum Gasteiger partial charge on any atom is -0.384 e. The van der Waals surface area contributed by atoms with Crippen molar-refractivity contribution in [1.82, 2.24) is 0 Å². The molecule has 0 saturated heterocycles. The van der Waals surface area contributed by atoms with Crippen LogP contribution in [0.2, 0.25) is 5.02 Å². The molecule has 1 nitrogen and oxygen atoms in total. The van der Waals surface area contributed by atoms with E-state index in [1.807, 2.05) is 6.07 Å². The summed E-state index contributed by atoms with van der Waals surface area (Å²) in [6, 6.07) is 4.09. The van der Waals surface area contributed by atoms with Crippen LogP contribution in [-0.2, 0) is 6.42 Å². The molecular weight excluding hydrogens is 182 g/mol. The van der Waals surface area contributed by atoms with Crippen molar-refractivity contribution in [2.24, 2.45) is 5.92 Å². The zero-order valence-electron chi connectivity index (χ0n) is 8.02. The first-order valence-electron chi connectivity index (χ1n) is 4.69. The molecule has 1 aliphatic heterocycles. The largest absolute Gasteiger partial charge is 0.384 e. The Bertz CT molecular complexity index is 333. The van der Waals surface area contributed by atoms with Crippen molar-refractivity contribution in [3.05, 3.63) is 28.3 Å². The molecule has 1 aromatic carbocycles. The van der Waals surface area contributed by atoms with Crippen LogP contribution in [0.5, 0.6) is 0 Å². The Labute approximate surface area is 84.1 Å². The normalized spacial score (nSPS) is 20.7. The summed E-state index contributed by atoms with van der Waals surface area (Å²) in [5.74, 6) is 0.713. The van der Waals surface area contributed by atoms with Gasteiger partial charge in [0.15, 0.2) is 0 Å². The first kappa shape index (κ1) is 8.89. The first-order chi connectivity index (χ1) is 6.16. The minimum absolute atomic E-state index is 0.713. The molecule has 1 atom stereocenters. The number of anilines is 1. The van der Waals surface area contributed by atoms with E-state index < -0.39 is 0 Å². The highest BCUT2D eigenvalue weighted by molar-refractivity contribution is 6.30. The lowest BCUT2D eigenvalue weighted by molar-refractivity contribution is 0.594. The maximum absolute atomic E-state index is 6.00.